The third-order valence-corrected chi connectivity index (χ3v) is 1.88. The van der Waals surface area contributed by atoms with Crippen LogP contribution >= 0.6 is 11.6 Å². The molecule has 0 bridgehead atoms. The second-order valence-corrected chi connectivity index (χ2v) is 3.21. The van der Waals surface area contributed by atoms with Crippen molar-refractivity contribution in [2.45, 2.75) is 13.0 Å². The molecule has 0 radical (unpaired) electrons. The first-order valence-corrected chi connectivity index (χ1v) is 4.70. The number of benzene rings is 1. The van der Waals surface area contributed by atoms with Gasteiger partial charge in [0, 0.05) is 11.6 Å². The molecule has 4 nitrogen and oxygen atoms in total. The van der Waals surface area contributed by atoms with Gasteiger partial charge in [0.1, 0.15) is 0 Å². The second kappa shape index (κ2) is 5.36. The van der Waals surface area contributed by atoms with Gasteiger partial charge in [-0.05, 0) is 12.5 Å². The molecular weight excluding hydrogens is 218 g/mol. The lowest BCUT2D eigenvalue weighted by molar-refractivity contribution is 0.164. The van der Waals surface area contributed by atoms with Crippen LogP contribution < -0.4 is 5.32 Å². The number of halogens is 1. The van der Waals surface area contributed by atoms with Crippen molar-refractivity contribution in [2.75, 3.05) is 0 Å². The van der Waals surface area contributed by atoms with Crippen LogP contribution in [0.5, 0.6) is 0 Å². The zero-order valence-electron chi connectivity index (χ0n) is 8.07. The molecule has 1 aromatic rings. The Hall–Kier alpha value is -1.55. The fourth-order valence-electron chi connectivity index (χ4n) is 1.10. The van der Waals surface area contributed by atoms with E-state index in [1.165, 1.54) is 0 Å². The summed E-state index contributed by atoms with van der Waals surface area (Å²) in [7, 11) is 0. The van der Waals surface area contributed by atoms with Crippen molar-refractivity contribution in [1.82, 2.24) is 5.32 Å². The molecule has 80 valence electrons. The molecule has 0 aliphatic heterocycles. The summed E-state index contributed by atoms with van der Waals surface area (Å²) in [5.41, 5.74) is -0.232. The van der Waals surface area contributed by atoms with Gasteiger partial charge in [-0.1, -0.05) is 30.3 Å². The third kappa shape index (κ3) is 3.99. The minimum Gasteiger partial charge on any atom is -0.364 e. The number of carbonyl (C=O) groups excluding carboxylic acids is 2. The highest BCUT2D eigenvalue weighted by atomic mass is 35.5. The average molecular weight is 228 g/mol. The van der Waals surface area contributed by atoms with Gasteiger partial charge in [0.05, 0.1) is 6.04 Å². The topological polar surface area (TPSA) is 55.4 Å². The fraction of sp³-hybridized carbons (Fsp3) is 0.200. The molecule has 1 unspecified atom stereocenters. The summed E-state index contributed by atoms with van der Waals surface area (Å²) in [4.78, 5) is 21.3. The molecular formula is C10H10ClNO3. The van der Waals surface area contributed by atoms with Gasteiger partial charge in [0.25, 0.3) is 0 Å². The highest BCUT2D eigenvalue weighted by Gasteiger charge is 2.12. The summed E-state index contributed by atoms with van der Waals surface area (Å²) in [6.45, 7) is 1.77. The van der Waals surface area contributed by atoms with Crippen molar-refractivity contribution >= 4 is 23.1 Å². The maximum absolute atomic E-state index is 11.0. The summed E-state index contributed by atoms with van der Waals surface area (Å²) in [5, 5.41) is 2.46. The molecule has 0 saturated heterocycles. The van der Waals surface area contributed by atoms with Crippen molar-refractivity contribution in [1.29, 1.82) is 0 Å². The Morgan fingerprint density at radius 2 is 1.93 bits per heavy atom. The normalized spacial score (nSPS) is 11.6. The maximum atomic E-state index is 11.0. The van der Waals surface area contributed by atoms with Gasteiger partial charge in [-0.2, -0.15) is 0 Å². The summed E-state index contributed by atoms with van der Waals surface area (Å²) in [6, 6.07) is 9.05. The molecule has 0 spiro atoms. The van der Waals surface area contributed by atoms with Crippen LogP contribution in [0.25, 0.3) is 0 Å². The third-order valence-electron chi connectivity index (χ3n) is 1.81. The Morgan fingerprint density at radius 3 is 2.47 bits per heavy atom. The van der Waals surface area contributed by atoms with Gasteiger partial charge in [-0.3, -0.25) is 0 Å². The Bertz CT molecular complexity index is 353. The number of nitrogens with one attached hydrogen (secondary N) is 1. The number of carbonyl (C=O) groups is 2. The molecule has 5 heteroatoms. The molecule has 1 N–H and O–H groups in total. The Kier molecular flexibility index (Phi) is 4.12. The molecule has 0 heterocycles. The van der Waals surface area contributed by atoms with Crippen LogP contribution in [0.4, 0.5) is 9.59 Å². The van der Waals surface area contributed by atoms with E-state index in [0.29, 0.717) is 0 Å². The van der Waals surface area contributed by atoms with E-state index in [2.05, 4.69) is 10.1 Å². The summed E-state index contributed by atoms with van der Waals surface area (Å²) >= 11 is 4.88. The van der Waals surface area contributed by atoms with Crippen LogP contribution in [0.1, 0.15) is 18.5 Å². The minimum absolute atomic E-state index is 0.241. The van der Waals surface area contributed by atoms with Gasteiger partial charge in [0.15, 0.2) is 0 Å². The second-order valence-electron chi connectivity index (χ2n) is 2.90. The Labute approximate surface area is 92.2 Å². The van der Waals surface area contributed by atoms with E-state index in [1.807, 2.05) is 30.3 Å². The fourth-order valence-corrected chi connectivity index (χ4v) is 1.17. The molecule has 0 aliphatic carbocycles. The first kappa shape index (κ1) is 11.5. The zero-order valence-corrected chi connectivity index (χ0v) is 8.82. The van der Waals surface area contributed by atoms with Crippen molar-refractivity contribution in [3.05, 3.63) is 35.9 Å². The SMILES string of the molecule is CC(NC(=O)OC(=O)Cl)c1ccccc1. The van der Waals surface area contributed by atoms with E-state index < -0.39 is 11.5 Å². The summed E-state index contributed by atoms with van der Waals surface area (Å²) in [6.07, 6.45) is -0.855. The predicted molar refractivity (Wildman–Crippen MR) is 55.7 cm³/mol. The Morgan fingerprint density at radius 1 is 1.33 bits per heavy atom. The molecule has 0 aliphatic rings. The number of ether oxygens (including phenoxy) is 1. The Balaban J connectivity index is 2.53. The van der Waals surface area contributed by atoms with Gasteiger partial charge in [-0.25, -0.2) is 9.59 Å². The predicted octanol–water partition coefficient (Wildman–Crippen LogP) is 2.83. The molecule has 15 heavy (non-hydrogen) atoms. The molecule has 0 aromatic heterocycles. The molecule has 1 amide bonds. The number of amides is 1. The number of hydrogen-bond donors (Lipinski definition) is 1. The zero-order chi connectivity index (χ0) is 11.3. The average Bonchev–Trinajstić information content (AvgIpc) is 2.17. The number of rotatable bonds is 2. The van der Waals surface area contributed by atoms with Gasteiger partial charge in [-0.15, -0.1) is 0 Å². The van der Waals surface area contributed by atoms with Crippen LogP contribution in [0, 0.1) is 0 Å². The van der Waals surface area contributed by atoms with Crippen molar-refractivity contribution in [3.8, 4) is 0 Å². The molecule has 0 fully saturated rings. The van der Waals surface area contributed by atoms with Crippen molar-refractivity contribution < 1.29 is 14.3 Å². The molecule has 1 aromatic carbocycles. The lowest BCUT2D eigenvalue weighted by atomic mass is 10.1. The summed E-state index contributed by atoms with van der Waals surface area (Å²) < 4.78 is 4.12. The van der Waals surface area contributed by atoms with Gasteiger partial charge < -0.3 is 10.1 Å². The summed E-state index contributed by atoms with van der Waals surface area (Å²) in [5.74, 6) is 0. The van der Waals surface area contributed by atoms with E-state index in [4.69, 9.17) is 11.6 Å². The smallest absolute Gasteiger partial charge is 0.364 e. The monoisotopic (exact) mass is 227 g/mol. The lowest BCUT2D eigenvalue weighted by Crippen LogP contribution is -2.27. The van der Waals surface area contributed by atoms with E-state index in [9.17, 15) is 9.59 Å². The highest BCUT2D eigenvalue weighted by molar-refractivity contribution is 6.61. The molecule has 1 rings (SSSR count). The first-order chi connectivity index (χ1) is 7.09. The van der Waals surface area contributed by atoms with Crippen LogP contribution in [0.15, 0.2) is 30.3 Å². The first-order valence-electron chi connectivity index (χ1n) is 4.32. The van der Waals surface area contributed by atoms with Crippen LogP contribution in [-0.4, -0.2) is 11.5 Å². The molecule has 0 saturated carbocycles. The van der Waals surface area contributed by atoms with E-state index in [1.54, 1.807) is 6.92 Å². The molecule has 1 atom stereocenters. The number of hydrogen-bond acceptors (Lipinski definition) is 3. The standard InChI is InChI=1S/C10H10ClNO3/c1-7(8-5-3-2-4-6-8)12-10(14)15-9(11)13/h2-7H,1H3,(H,12,14). The van der Waals surface area contributed by atoms with Crippen LogP contribution in [0.3, 0.4) is 0 Å². The quantitative estimate of drug-likeness (QED) is 0.624. The van der Waals surface area contributed by atoms with Crippen molar-refractivity contribution in [2.24, 2.45) is 0 Å². The van der Waals surface area contributed by atoms with E-state index >= 15 is 0 Å². The van der Waals surface area contributed by atoms with Gasteiger partial charge >= 0.3 is 11.5 Å². The van der Waals surface area contributed by atoms with Gasteiger partial charge in [0.2, 0.25) is 0 Å². The van der Waals surface area contributed by atoms with E-state index in [0.717, 1.165) is 5.56 Å². The lowest BCUT2D eigenvalue weighted by Gasteiger charge is -2.12. The highest BCUT2D eigenvalue weighted by Crippen LogP contribution is 2.11. The van der Waals surface area contributed by atoms with Crippen molar-refractivity contribution in [3.63, 3.8) is 0 Å². The van der Waals surface area contributed by atoms with Crippen LogP contribution in [-0.2, 0) is 4.74 Å². The van der Waals surface area contributed by atoms with Crippen LogP contribution in [0.2, 0.25) is 0 Å². The van der Waals surface area contributed by atoms with E-state index in [-0.39, 0.29) is 6.04 Å². The maximum Gasteiger partial charge on any atom is 0.416 e. The minimum atomic E-state index is -1.15. The largest absolute Gasteiger partial charge is 0.416 e. The number of alkyl carbamates (subject to hydrolysis) is 1.